The van der Waals surface area contributed by atoms with Crippen molar-refractivity contribution in [3.8, 4) is 0 Å². The number of esters is 1. The molecule has 0 aromatic heterocycles. The van der Waals surface area contributed by atoms with Gasteiger partial charge >= 0.3 is 5.97 Å². The predicted molar refractivity (Wildman–Crippen MR) is 120 cm³/mol. The van der Waals surface area contributed by atoms with E-state index in [4.69, 9.17) is 4.74 Å². The summed E-state index contributed by atoms with van der Waals surface area (Å²) in [6.45, 7) is 0.927. The summed E-state index contributed by atoms with van der Waals surface area (Å²) in [6.07, 6.45) is 4.87. The van der Waals surface area contributed by atoms with Gasteiger partial charge in [0.25, 0.3) is 5.91 Å². The molecular weight excluding hydrogens is 424 g/mol. The van der Waals surface area contributed by atoms with Crippen molar-refractivity contribution in [3.05, 3.63) is 71.8 Å². The largest absolute Gasteiger partial charge is 0.452 e. The minimum absolute atomic E-state index is 0.0863. The second-order valence-corrected chi connectivity index (χ2v) is 7.98. The molecule has 2 aliphatic rings. The Morgan fingerprint density at radius 2 is 1.58 bits per heavy atom. The number of anilines is 2. The summed E-state index contributed by atoms with van der Waals surface area (Å²) in [6, 6.07) is 12.4. The quantitative estimate of drug-likeness (QED) is 0.316. The van der Waals surface area contributed by atoms with Gasteiger partial charge in [0.2, 0.25) is 11.8 Å². The Hall–Kier alpha value is -4.07. The summed E-state index contributed by atoms with van der Waals surface area (Å²) in [5, 5.41) is 2.58. The Morgan fingerprint density at radius 3 is 2.18 bits per heavy atom. The van der Waals surface area contributed by atoms with Gasteiger partial charge in [-0.1, -0.05) is 18.2 Å². The molecule has 0 unspecified atom stereocenters. The third kappa shape index (κ3) is 4.59. The highest BCUT2D eigenvalue weighted by molar-refractivity contribution is 6.22. The van der Waals surface area contributed by atoms with Gasteiger partial charge in [-0.05, 0) is 62.2 Å². The molecule has 0 spiro atoms. The summed E-state index contributed by atoms with van der Waals surface area (Å²) in [5.41, 5.74) is 1.42. The average Bonchev–Trinajstić information content (AvgIpc) is 3.08. The molecule has 0 radical (unpaired) electrons. The number of fused-ring (bicyclic) bond motifs is 1. The first kappa shape index (κ1) is 22.1. The van der Waals surface area contributed by atoms with Crippen molar-refractivity contribution in [2.75, 3.05) is 16.8 Å². The molecule has 8 nitrogen and oxygen atoms in total. The number of nitrogens with one attached hydrogen (secondary N) is 1. The van der Waals surface area contributed by atoms with Crippen molar-refractivity contribution >= 4 is 40.8 Å². The number of carbonyl (C=O) groups excluding carboxylic acids is 5. The van der Waals surface area contributed by atoms with Crippen LogP contribution in [0.1, 0.15) is 40.5 Å². The Balaban J connectivity index is 1.38. The summed E-state index contributed by atoms with van der Waals surface area (Å²) in [5.74, 6) is -2.66. The Kier molecular flexibility index (Phi) is 6.17. The summed E-state index contributed by atoms with van der Waals surface area (Å²) < 4.78 is 5.09. The molecule has 0 bridgehead atoms. The molecule has 4 rings (SSSR count). The molecule has 2 atom stereocenters. The molecule has 2 aromatic carbocycles. The highest BCUT2D eigenvalue weighted by Crippen LogP contribution is 2.37. The van der Waals surface area contributed by atoms with Crippen LogP contribution in [0, 0.1) is 11.8 Å². The molecule has 2 aromatic rings. The van der Waals surface area contributed by atoms with Gasteiger partial charge < -0.3 is 10.1 Å². The minimum Gasteiger partial charge on any atom is -0.452 e. The zero-order valence-corrected chi connectivity index (χ0v) is 17.9. The van der Waals surface area contributed by atoms with Crippen LogP contribution in [0.15, 0.2) is 60.7 Å². The number of Topliss-reactive ketones (excluding diaryl/α,β-unsaturated/α-hetero) is 1. The molecule has 1 saturated heterocycles. The highest BCUT2D eigenvalue weighted by atomic mass is 16.5. The van der Waals surface area contributed by atoms with E-state index >= 15 is 0 Å². The molecule has 1 aliphatic carbocycles. The number of carbonyl (C=O) groups is 5. The fourth-order valence-electron chi connectivity index (χ4n) is 4.03. The maximum atomic E-state index is 12.8. The fourth-order valence-corrected chi connectivity index (χ4v) is 4.03. The Labute approximate surface area is 190 Å². The maximum absolute atomic E-state index is 12.8. The van der Waals surface area contributed by atoms with Crippen LogP contribution in [0.3, 0.4) is 0 Å². The van der Waals surface area contributed by atoms with Crippen molar-refractivity contribution < 1.29 is 28.7 Å². The lowest BCUT2D eigenvalue weighted by molar-refractivity contribution is -0.122. The normalized spacial score (nSPS) is 19.2. The van der Waals surface area contributed by atoms with E-state index in [0.29, 0.717) is 29.8 Å². The number of hydrogen-bond acceptors (Lipinski definition) is 6. The fraction of sp³-hybridized carbons (Fsp3) is 0.240. The van der Waals surface area contributed by atoms with Gasteiger partial charge in [-0.25, -0.2) is 4.79 Å². The smallest absolute Gasteiger partial charge is 0.338 e. The first-order valence-corrected chi connectivity index (χ1v) is 10.6. The summed E-state index contributed by atoms with van der Waals surface area (Å²) in [4.78, 5) is 62.6. The molecule has 168 valence electrons. The number of imide groups is 1. The van der Waals surface area contributed by atoms with Crippen molar-refractivity contribution in [1.29, 1.82) is 0 Å². The molecule has 33 heavy (non-hydrogen) atoms. The molecule has 1 N–H and O–H groups in total. The van der Waals surface area contributed by atoms with E-state index in [2.05, 4.69) is 5.32 Å². The number of allylic oxidation sites excluding steroid dienone is 2. The zero-order chi connectivity index (χ0) is 23.5. The van der Waals surface area contributed by atoms with E-state index in [1.165, 1.54) is 19.1 Å². The lowest BCUT2D eigenvalue weighted by Gasteiger charge is -2.15. The predicted octanol–water partition coefficient (Wildman–Crippen LogP) is 3.14. The van der Waals surface area contributed by atoms with Crippen molar-refractivity contribution in [2.45, 2.75) is 19.8 Å². The number of amides is 3. The van der Waals surface area contributed by atoms with Gasteiger partial charge in [-0.15, -0.1) is 0 Å². The Morgan fingerprint density at radius 1 is 0.939 bits per heavy atom. The summed E-state index contributed by atoms with van der Waals surface area (Å²) >= 11 is 0. The molecule has 1 fully saturated rings. The first-order chi connectivity index (χ1) is 15.8. The SMILES string of the molecule is CC(=O)c1ccc(NC(=O)COC(=O)c2cccc(N3C(=O)[C@H]4CC=CC[C@H]4C3=O)c2)cc1. The van der Waals surface area contributed by atoms with Gasteiger partial charge in [-0.2, -0.15) is 0 Å². The molecule has 0 saturated carbocycles. The third-order valence-corrected chi connectivity index (χ3v) is 5.76. The number of ketones is 1. The van der Waals surface area contributed by atoms with E-state index in [1.54, 1.807) is 36.4 Å². The van der Waals surface area contributed by atoms with Gasteiger partial charge in [0.1, 0.15) is 0 Å². The topological polar surface area (TPSA) is 110 Å². The third-order valence-electron chi connectivity index (χ3n) is 5.76. The Bertz CT molecular complexity index is 1140. The zero-order valence-electron chi connectivity index (χ0n) is 17.9. The standard InChI is InChI=1S/C25H22N2O6/c1-15(28)16-9-11-18(12-10-16)26-22(29)14-33-25(32)17-5-4-6-19(13-17)27-23(30)20-7-2-3-8-21(20)24(27)31/h2-6,9-13,20-21H,7-8,14H2,1H3,(H,26,29)/t20-,21+. The molecule has 1 heterocycles. The van der Waals surface area contributed by atoms with Gasteiger partial charge in [0.15, 0.2) is 12.4 Å². The molecule has 1 aliphatic heterocycles. The van der Waals surface area contributed by atoms with Crippen LogP contribution in [0.5, 0.6) is 0 Å². The average molecular weight is 446 g/mol. The van der Waals surface area contributed by atoms with Gasteiger partial charge in [0.05, 0.1) is 23.1 Å². The van der Waals surface area contributed by atoms with Crippen molar-refractivity contribution in [1.82, 2.24) is 0 Å². The van der Waals surface area contributed by atoms with Gasteiger partial charge in [-0.3, -0.25) is 24.1 Å². The van der Waals surface area contributed by atoms with E-state index in [-0.39, 0.29) is 35.0 Å². The van der Waals surface area contributed by atoms with Crippen LogP contribution in [-0.2, 0) is 19.1 Å². The molecular formula is C25H22N2O6. The second kappa shape index (κ2) is 9.20. The van der Waals surface area contributed by atoms with Crippen molar-refractivity contribution in [2.24, 2.45) is 11.8 Å². The van der Waals surface area contributed by atoms with Crippen LogP contribution < -0.4 is 10.2 Å². The number of hydrogen-bond donors (Lipinski definition) is 1. The highest BCUT2D eigenvalue weighted by Gasteiger charge is 2.47. The summed E-state index contributed by atoms with van der Waals surface area (Å²) in [7, 11) is 0. The van der Waals surface area contributed by atoms with E-state index in [9.17, 15) is 24.0 Å². The monoisotopic (exact) mass is 446 g/mol. The van der Waals surface area contributed by atoms with Crippen LogP contribution >= 0.6 is 0 Å². The van der Waals surface area contributed by atoms with E-state index in [1.807, 2.05) is 12.2 Å². The van der Waals surface area contributed by atoms with Crippen LogP contribution in [0.2, 0.25) is 0 Å². The lowest BCUT2D eigenvalue weighted by atomic mass is 9.85. The second-order valence-electron chi connectivity index (χ2n) is 7.98. The number of benzene rings is 2. The molecule has 3 amide bonds. The van der Waals surface area contributed by atoms with E-state index < -0.39 is 18.5 Å². The van der Waals surface area contributed by atoms with Gasteiger partial charge in [0, 0.05) is 11.3 Å². The van der Waals surface area contributed by atoms with E-state index in [0.717, 1.165) is 4.90 Å². The maximum Gasteiger partial charge on any atom is 0.338 e. The van der Waals surface area contributed by atoms with Crippen LogP contribution in [0.4, 0.5) is 11.4 Å². The van der Waals surface area contributed by atoms with Crippen LogP contribution in [0.25, 0.3) is 0 Å². The number of nitrogens with zero attached hydrogens (tertiary/aromatic N) is 1. The van der Waals surface area contributed by atoms with Crippen molar-refractivity contribution in [3.63, 3.8) is 0 Å². The first-order valence-electron chi connectivity index (χ1n) is 10.6. The van der Waals surface area contributed by atoms with Crippen LogP contribution in [-0.4, -0.2) is 36.1 Å². The number of rotatable bonds is 6. The minimum atomic E-state index is -0.753. The number of ether oxygens (including phenoxy) is 1. The lowest BCUT2D eigenvalue weighted by Crippen LogP contribution is -2.31. The molecule has 8 heteroatoms.